The summed E-state index contributed by atoms with van der Waals surface area (Å²) in [6, 6.07) is -0.319. The summed E-state index contributed by atoms with van der Waals surface area (Å²) in [4.78, 5) is 12.3. The van der Waals surface area contributed by atoms with Gasteiger partial charge in [-0.2, -0.15) is 0 Å². The second kappa shape index (κ2) is 6.19. The van der Waals surface area contributed by atoms with Crippen molar-refractivity contribution in [1.29, 1.82) is 0 Å². The van der Waals surface area contributed by atoms with Crippen molar-refractivity contribution >= 4 is 25.6 Å². The highest BCUT2D eigenvalue weighted by molar-refractivity contribution is 7.91. The van der Waals surface area contributed by atoms with Gasteiger partial charge in [0.2, 0.25) is 0 Å². The maximum atomic E-state index is 11.4. The summed E-state index contributed by atoms with van der Waals surface area (Å²) >= 11 is 0. The molecule has 1 aliphatic heterocycles. The van der Waals surface area contributed by atoms with Crippen LogP contribution in [0.1, 0.15) is 12.8 Å². The van der Waals surface area contributed by atoms with Crippen LogP contribution in [0.15, 0.2) is 0 Å². The molecule has 1 unspecified atom stereocenters. The second-order valence-electron chi connectivity index (χ2n) is 4.90. The minimum Gasteiger partial charge on any atom is -0.480 e. The zero-order valence-corrected chi connectivity index (χ0v) is 12.4. The largest absolute Gasteiger partial charge is 0.480 e. The first-order chi connectivity index (χ1) is 8.59. The van der Waals surface area contributed by atoms with E-state index in [1.807, 2.05) is 0 Å². The zero-order chi connectivity index (χ0) is 14.7. The maximum Gasteiger partial charge on any atom is 0.317 e. The molecule has 0 bridgehead atoms. The summed E-state index contributed by atoms with van der Waals surface area (Å²) in [6.45, 7) is 0.0174. The van der Waals surface area contributed by atoms with E-state index in [1.165, 1.54) is 0 Å². The van der Waals surface area contributed by atoms with Crippen LogP contribution in [0.4, 0.5) is 0 Å². The molecule has 7 nitrogen and oxygen atoms in total. The van der Waals surface area contributed by atoms with Crippen LogP contribution in [0.3, 0.4) is 0 Å². The SMILES string of the molecule is CS(=O)(=O)CCCN(CC(=O)O)C1CCS(=O)(=O)C1. The Morgan fingerprint density at radius 3 is 2.47 bits per heavy atom. The molecule has 1 fully saturated rings. The number of hydrogen-bond acceptors (Lipinski definition) is 6. The Bertz CT molecular complexity index is 524. The number of rotatable bonds is 7. The van der Waals surface area contributed by atoms with Gasteiger partial charge in [0.05, 0.1) is 23.8 Å². The zero-order valence-electron chi connectivity index (χ0n) is 10.8. The molecule has 0 aliphatic carbocycles. The van der Waals surface area contributed by atoms with Crippen molar-refractivity contribution < 1.29 is 26.7 Å². The topological polar surface area (TPSA) is 109 Å². The van der Waals surface area contributed by atoms with Gasteiger partial charge in [-0.05, 0) is 12.8 Å². The Morgan fingerprint density at radius 2 is 2.05 bits per heavy atom. The number of nitrogens with zero attached hydrogens (tertiary/aromatic N) is 1. The quantitative estimate of drug-likeness (QED) is 0.641. The van der Waals surface area contributed by atoms with E-state index >= 15 is 0 Å². The lowest BCUT2D eigenvalue weighted by atomic mass is 10.2. The van der Waals surface area contributed by atoms with Gasteiger partial charge >= 0.3 is 5.97 Å². The fourth-order valence-corrected chi connectivity index (χ4v) is 4.57. The predicted molar refractivity (Wildman–Crippen MR) is 70.6 cm³/mol. The number of aliphatic carboxylic acids is 1. The van der Waals surface area contributed by atoms with E-state index in [9.17, 15) is 21.6 Å². The van der Waals surface area contributed by atoms with Crippen LogP contribution in [0.25, 0.3) is 0 Å². The van der Waals surface area contributed by atoms with Gasteiger partial charge in [-0.1, -0.05) is 0 Å². The molecule has 0 amide bonds. The van der Waals surface area contributed by atoms with Crippen molar-refractivity contribution in [2.45, 2.75) is 18.9 Å². The van der Waals surface area contributed by atoms with E-state index in [0.717, 1.165) is 6.26 Å². The Balaban J connectivity index is 2.60. The minimum absolute atomic E-state index is 0.0252. The summed E-state index contributed by atoms with van der Waals surface area (Å²) in [5, 5.41) is 8.82. The van der Waals surface area contributed by atoms with Crippen molar-refractivity contribution in [3.63, 3.8) is 0 Å². The summed E-state index contributed by atoms with van der Waals surface area (Å²) in [5.41, 5.74) is 0. The van der Waals surface area contributed by atoms with Crippen molar-refractivity contribution in [2.24, 2.45) is 0 Å². The normalized spacial score (nSPS) is 22.7. The highest BCUT2D eigenvalue weighted by Gasteiger charge is 2.32. The molecular formula is C10H19NO6S2. The summed E-state index contributed by atoms with van der Waals surface area (Å²) in [6.07, 6.45) is 1.84. The minimum atomic E-state index is -3.09. The monoisotopic (exact) mass is 313 g/mol. The molecule has 1 N–H and O–H groups in total. The molecule has 0 radical (unpaired) electrons. The predicted octanol–water partition coefficient (Wildman–Crippen LogP) is -1.01. The van der Waals surface area contributed by atoms with Gasteiger partial charge in [-0.15, -0.1) is 0 Å². The van der Waals surface area contributed by atoms with Gasteiger partial charge < -0.3 is 5.11 Å². The van der Waals surface area contributed by atoms with Gasteiger partial charge in [0.1, 0.15) is 9.84 Å². The fraction of sp³-hybridized carbons (Fsp3) is 0.900. The molecule has 0 spiro atoms. The van der Waals surface area contributed by atoms with E-state index < -0.39 is 25.6 Å². The molecule has 19 heavy (non-hydrogen) atoms. The van der Waals surface area contributed by atoms with Gasteiger partial charge in [-0.25, -0.2) is 16.8 Å². The number of carbonyl (C=O) groups is 1. The van der Waals surface area contributed by atoms with Crippen molar-refractivity contribution in [1.82, 2.24) is 4.90 Å². The van der Waals surface area contributed by atoms with Gasteiger partial charge in [0.15, 0.2) is 9.84 Å². The van der Waals surface area contributed by atoms with E-state index in [1.54, 1.807) is 4.90 Å². The Kier molecular flexibility index (Phi) is 5.34. The van der Waals surface area contributed by atoms with Crippen molar-refractivity contribution in [2.75, 3.05) is 36.6 Å². The molecule has 0 aromatic rings. The first-order valence-corrected chi connectivity index (χ1v) is 9.81. The molecule has 1 aliphatic rings. The average Bonchev–Trinajstić information content (AvgIpc) is 2.55. The third-order valence-electron chi connectivity index (χ3n) is 3.02. The Morgan fingerprint density at radius 1 is 1.42 bits per heavy atom. The molecule has 1 atom stereocenters. The van der Waals surface area contributed by atoms with E-state index in [-0.39, 0.29) is 36.4 Å². The van der Waals surface area contributed by atoms with Crippen LogP contribution in [-0.2, 0) is 24.5 Å². The Labute approximate surface area is 113 Å². The van der Waals surface area contributed by atoms with Crippen molar-refractivity contribution in [3.05, 3.63) is 0 Å². The van der Waals surface area contributed by atoms with Crippen LogP contribution in [0, 0.1) is 0 Å². The molecular weight excluding hydrogens is 294 g/mol. The maximum absolute atomic E-state index is 11.4. The van der Waals surface area contributed by atoms with Gasteiger partial charge in [0.25, 0.3) is 0 Å². The second-order valence-corrected chi connectivity index (χ2v) is 9.39. The Hall–Kier alpha value is -0.670. The molecule has 1 rings (SSSR count). The van der Waals surface area contributed by atoms with Gasteiger partial charge in [-0.3, -0.25) is 9.69 Å². The molecule has 1 saturated heterocycles. The number of carboxylic acids is 1. The molecule has 112 valence electrons. The van der Waals surface area contributed by atoms with Crippen molar-refractivity contribution in [3.8, 4) is 0 Å². The molecule has 9 heteroatoms. The van der Waals surface area contributed by atoms with Gasteiger partial charge in [0, 0.05) is 18.8 Å². The number of hydrogen-bond donors (Lipinski definition) is 1. The third-order valence-corrected chi connectivity index (χ3v) is 5.80. The lowest BCUT2D eigenvalue weighted by Gasteiger charge is -2.25. The van der Waals surface area contributed by atoms with Crippen LogP contribution < -0.4 is 0 Å². The van der Waals surface area contributed by atoms with E-state index in [2.05, 4.69) is 0 Å². The summed E-state index contributed by atoms with van der Waals surface area (Å²) in [5.74, 6) is -1.04. The highest BCUT2D eigenvalue weighted by Crippen LogP contribution is 2.18. The summed E-state index contributed by atoms with van der Waals surface area (Å²) < 4.78 is 44.8. The molecule has 0 saturated carbocycles. The van der Waals surface area contributed by atoms with Crippen LogP contribution >= 0.6 is 0 Å². The standard InChI is InChI=1S/C10H19NO6S2/c1-18(14,15)5-2-4-11(7-10(12)13)9-3-6-19(16,17)8-9/h9H,2-8H2,1H3,(H,12,13). The molecule has 0 aromatic heterocycles. The lowest BCUT2D eigenvalue weighted by molar-refractivity contribution is -0.138. The van der Waals surface area contributed by atoms with E-state index in [4.69, 9.17) is 5.11 Å². The third kappa shape index (κ3) is 6.35. The smallest absolute Gasteiger partial charge is 0.317 e. The van der Waals surface area contributed by atoms with Crippen LogP contribution in [0.2, 0.25) is 0 Å². The number of carboxylic acid groups (broad SMARTS) is 1. The average molecular weight is 313 g/mol. The molecule has 0 aromatic carbocycles. The summed E-state index contributed by atoms with van der Waals surface area (Å²) in [7, 11) is -6.17. The first kappa shape index (κ1) is 16.4. The van der Waals surface area contributed by atoms with Crippen LogP contribution in [-0.4, -0.2) is 75.5 Å². The molecule has 1 heterocycles. The first-order valence-electron chi connectivity index (χ1n) is 5.93. The highest BCUT2D eigenvalue weighted by atomic mass is 32.2. The lowest BCUT2D eigenvalue weighted by Crippen LogP contribution is -2.41. The fourth-order valence-electron chi connectivity index (χ4n) is 2.16. The number of sulfone groups is 2. The van der Waals surface area contributed by atoms with Crippen LogP contribution in [0.5, 0.6) is 0 Å². The van der Waals surface area contributed by atoms with E-state index in [0.29, 0.717) is 12.8 Å².